The van der Waals surface area contributed by atoms with Crippen molar-refractivity contribution in [2.24, 2.45) is 5.73 Å². The summed E-state index contributed by atoms with van der Waals surface area (Å²) in [4.78, 5) is 2.12. The molecule has 2 heterocycles. The Morgan fingerprint density at radius 2 is 2.11 bits per heavy atom. The van der Waals surface area contributed by atoms with Crippen molar-refractivity contribution < 1.29 is 0 Å². The number of hydrogen-bond acceptors (Lipinski definition) is 5. The first-order valence-electron chi connectivity index (χ1n) is 6.87. The number of anilines is 2. The molecular formula is C13H22N6. The highest BCUT2D eigenvalue weighted by Crippen LogP contribution is 2.29. The van der Waals surface area contributed by atoms with Crippen molar-refractivity contribution in [2.45, 2.75) is 45.2 Å². The molecule has 19 heavy (non-hydrogen) atoms. The molecule has 1 aromatic rings. The Morgan fingerprint density at radius 3 is 2.63 bits per heavy atom. The van der Waals surface area contributed by atoms with Crippen LogP contribution in [0, 0.1) is 11.3 Å². The maximum absolute atomic E-state index is 9.32. The number of piperidine rings is 1. The molecule has 0 radical (unpaired) electrons. The van der Waals surface area contributed by atoms with Gasteiger partial charge in [0.1, 0.15) is 17.5 Å². The molecule has 1 aliphatic heterocycles. The first kappa shape index (κ1) is 13.7. The van der Waals surface area contributed by atoms with Crippen LogP contribution in [0.25, 0.3) is 0 Å². The van der Waals surface area contributed by atoms with E-state index >= 15 is 0 Å². The monoisotopic (exact) mass is 262 g/mol. The molecule has 0 bridgehead atoms. The summed E-state index contributed by atoms with van der Waals surface area (Å²) in [5.74, 6) is 1.19. The number of nitriles is 1. The minimum Gasteiger partial charge on any atom is -0.383 e. The summed E-state index contributed by atoms with van der Waals surface area (Å²) in [5.41, 5.74) is 12.5. The minimum atomic E-state index is 0.202. The molecule has 0 amide bonds. The van der Waals surface area contributed by atoms with Crippen LogP contribution >= 0.6 is 0 Å². The Morgan fingerprint density at radius 1 is 1.47 bits per heavy atom. The second-order valence-electron chi connectivity index (χ2n) is 5.22. The Balaban J connectivity index is 2.32. The topological polar surface area (TPSA) is 96.9 Å². The summed E-state index contributed by atoms with van der Waals surface area (Å²) in [6.45, 7) is 5.82. The third kappa shape index (κ3) is 2.51. The van der Waals surface area contributed by atoms with E-state index in [0.29, 0.717) is 17.2 Å². The molecule has 4 N–H and O–H groups in total. The average molecular weight is 262 g/mol. The Hall–Kier alpha value is -1.74. The van der Waals surface area contributed by atoms with Crippen LogP contribution in [-0.2, 0) is 0 Å². The van der Waals surface area contributed by atoms with Crippen LogP contribution < -0.4 is 16.4 Å². The number of hydrogen-bond donors (Lipinski definition) is 2. The van der Waals surface area contributed by atoms with Gasteiger partial charge in [-0.25, -0.2) is 4.68 Å². The van der Waals surface area contributed by atoms with Crippen LogP contribution in [0.3, 0.4) is 0 Å². The number of rotatable bonds is 3. The first-order valence-corrected chi connectivity index (χ1v) is 6.87. The maximum Gasteiger partial charge on any atom is 0.170 e. The fourth-order valence-corrected chi connectivity index (χ4v) is 2.38. The number of aromatic nitrogens is 2. The van der Waals surface area contributed by atoms with Gasteiger partial charge in [0.15, 0.2) is 5.82 Å². The summed E-state index contributed by atoms with van der Waals surface area (Å²) in [6.07, 6.45) is 2.79. The van der Waals surface area contributed by atoms with Gasteiger partial charge in [-0.3, -0.25) is 0 Å². The lowest BCUT2D eigenvalue weighted by atomic mass is 10.1. The Bertz CT molecular complexity index is 478. The number of nitrogens with zero attached hydrogens (tertiary/aromatic N) is 4. The summed E-state index contributed by atoms with van der Waals surface area (Å²) >= 11 is 0. The lowest BCUT2D eigenvalue weighted by Gasteiger charge is -2.30. The lowest BCUT2D eigenvalue weighted by molar-refractivity contribution is 0.472. The number of nitrogen functional groups attached to an aromatic ring is 1. The molecule has 1 aromatic heterocycles. The van der Waals surface area contributed by atoms with Gasteiger partial charge in [0.05, 0.1) is 6.04 Å². The molecular weight excluding hydrogens is 240 g/mol. The summed E-state index contributed by atoms with van der Waals surface area (Å²) in [6, 6.07) is 2.65. The molecule has 0 aliphatic carbocycles. The highest BCUT2D eigenvalue weighted by atomic mass is 15.4. The fraction of sp³-hybridized carbons (Fsp3) is 0.692. The molecule has 6 nitrogen and oxygen atoms in total. The van der Waals surface area contributed by atoms with Gasteiger partial charge in [-0.05, 0) is 26.2 Å². The van der Waals surface area contributed by atoms with E-state index in [1.54, 1.807) is 4.68 Å². The predicted octanol–water partition coefficient (Wildman–Crippen LogP) is 1.24. The standard InChI is InChI=1S/C13H22N6/c1-3-9(2)19-12(16)11(8-14)13(17-19)18-6-4-10(15)5-7-18/h9-10H,3-7,15-16H2,1-2H3. The SMILES string of the molecule is CCC(C)n1nc(N2CCC(N)CC2)c(C#N)c1N. The Kier molecular flexibility index (Phi) is 3.96. The number of nitrogens with two attached hydrogens (primary N) is 2. The summed E-state index contributed by atoms with van der Waals surface area (Å²) in [7, 11) is 0. The first-order chi connectivity index (χ1) is 9.08. The lowest BCUT2D eigenvalue weighted by Crippen LogP contribution is -2.40. The van der Waals surface area contributed by atoms with E-state index in [9.17, 15) is 5.26 Å². The minimum absolute atomic E-state index is 0.202. The molecule has 1 unspecified atom stereocenters. The molecule has 1 aliphatic rings. The zero-order valence-corrected chi connectivity index (χ0v) is 11.6. The van der Waals surface area contributed by atoms with Crippen molar-refractivity contribution in [3.8, 4) is 6.07 Å². The van der Waals surface area contributed by atoms with Crippen LogP contribution in [0.5, 0.6) is 0 Å². The second kappa shape index (κ2) is 5.49. The van der Waals surface area contributed by atoms with Crippen LogP contribution in [0.15, 0.2) is 0 Å². The zero-order chi connectivity index (χ0) is 14.0. The quantitative estimate of drug-likeness (QED) is 0.854. The molecule has 6 heteroatoms. The smallest absolute Gasteiger partial charge is 0.170 e. The van der Waals surface area contributed by atoms with Crippen molar-refractivity contribution in [3.63, 3.8) is 0 Å². The van der Waals surface area contributed by atoms with Crippen LogP contribution in [0.2, 0.25) is 0 Å². The average Bonchev–Trinajstić information content (AvgIpc) is 2.75. The van der Waals surface area contributed by atoms with E-state index in [0.717, 1.165) is 32.4 Å². The van der Waals surface area contributed by atoms with Crippen LogP contribution in [0.1, 0.15) is 44.7 Å². The van der Waals surface area contributed by atoms with Gasteiger partial charge in [-0.2, -0.15) is 10.4 Å². The van der Waals surface area contributed by atoms with E-state index in [1.807, 2.05) is 0 Å². The Labute approximate surface area is 114 Å². The van der Waals surface area contributed by atoms with Gasteiger partial charge in [0.2, 0.25) is 0 Å². The normalized spacial score (nSPS) is 18.3. The van der Waals surface area contributed by atoms with E-state index in [2.05, 4.69) is 29.9 Å². The molecule has 1 atom stereocenters. The van der Waals surface area contributed by atoms with Gasteiger partial charge >= 0.3 is 0 Å². The zero-order valence-electron chi connectivity index (χ0n) is 11.6. The molecule has 0 spiro atoms. The van der Waals surface area contributed by atoms with Gasteiger partial charge in [0, 0.05) is 19.1 Å². The summed E-state index contributed by atoms with van der Waals surface area (Å²) in [5, 5.41) is 13.9. The highest BCUT2D eigenvalue weighted by Gasteiger charge is 2.25. The third-order valence-electron chi connectivity index (χ3n) is 3.89. The van der Waals surface area contributed by atoms with Gasteiger partial charge in [-0.15, -0.1) is 0 Å². The molecule has 104 valence electrons. The molecule has 0 aromatic carbocycles. The van der Waals surface area contributed by atoms with Crippen molar-refractivity contribution >= 4 is 11.6 Å². The van der Waals surface area contributed by atoms with Crippen molar-refractivity contribution in [1.29, 1.82) is 5.26 Å². The predicted molar refractivity (Wildman–Crippen MR) is 75.8 cm³/mol. The van der Waals surface area contributed by atoms with Gasteiger partial charge < -0.3 is 16.4 Å². The fourth-order valence-electron chi connectivity index (χ4n) is 2.38. The van der Waals surface area contributed by atoms with E-state index < -0.39 is 0 Å². The van der Waals surface area contributed by atoms with E-state index in [4.69, 9.17) is 11.5 Å². The van der Waals surface area contributed by atoms with Crippen molar-refractivity contribution in [3.05, 3.63) is 5.56 Å². The molecule has 1 fully saturated rings. The largest absolute Gasteiger partial charge is 0.383 e. The van der Waals surface area contributed by atoms with Crippen molar-refractivity contribution in [1.82, 2.24) is 9.78 Å². The van der Waals surface area contributed by atoms with E-state index in [1.165, 1.54) is 0 Å². The van der Waals surface area contributed by atoms with Gasteiger partial charge in [0.25, 0.3) is 0 Å². The van der Waals surface area contributed by atoms with Crippen LogP contribution in [0.4, 0.5) is 11.6 Å². The second-order valence-corrected chi connectivity index (χ2v) is 5.22. The third-order valence-corrected chi connectivity index (χ3v) is 3.89. The molecule has 2 rings (SSSR count). The maximum atomic E-state index is 9.32. The molecule has 0 saturated carbocycles. The van der Waals surface area contributed by atoms with Crippen LogP contribution in [-0.4, -0.2) is 28.9 Å². The van der Waals surface area contributed by atoms with Gasteiger partial charge in [-0.1, -0.05) is 6.92 Å². The van der Waals surface area contributed by atoms with E-state index in [-0.39, 0.29) is 12.1 Å². The summed E-state index contributed by atoms with van der Waals surface area (Å²) < 4.78 is 1.77. The molecule has 1 saturated heterocycles. The highest BCUT2D eigenvalue weighted by molar-refractivity contribution is 5.65. The van der Waals surface area contributed by atoms with Crippen molar-refractivity contribution in [2.75, 3.05) is 23.7 Å².